The summed E-state index contributed by atoms with van der Waals surface area (Å²) in [4.78, 5) is 11.7. The van der Waals surface area contributed by atoms with Crippen LogP contribution in [0, 0.1) is 0 Å². The van der Waals surface area contributed by atoms with Gasteiger partial charge in [-0.25, -0.2) is 0 Å². The van der Waals surface area contributed by atoms with E-state index in [2.05, 4.69) is 19.1 Å². The molecule has 0 N–H and O–H groups in total. The third kappa shape index (κ3) is 5.35. The molecule has 58 valence electrons. The number of nitrogens with zero attached hydrogens (tertiary/aromatic N) is 1. The first kappa shape index (κ1) is 9.21. The minimum atomic E-state index is 0.819. The Kier molecular flexibility index (Phi) is 5.83. The Morgan fingerprint density at radius 1 is 1.40 bits per heavy atom. The van der Waals surface area contributed by atoms with Crippen molar-refractivity contribution in [1.82, 2.24) is 4.90 Å². The van der Waals surface area contributed by atoms with E-state index in [-0.39, 0.29) is 0 Å². The van der Waals surface area contributed by atoms with Crippen LogP contribution in [-0.4, -0.2) is 24.9 Å². The molecular weight excluding hydrogens is 126 g/mol. The van der Waals surface area contributed by atoms with Gasteiger partial charge in [-0.15, -0.1) is 0 Å². The molecular formula is C8H15NO. The van der Waals surface area contributed by atoms with Crippen molar-refractivity contribution in [1.29, 1.82) is 0 Å². The Balaban J connectivity index is 3.18. The third-order valence-electron chi connectivity index (χ3n) is 1.23. The summed E-state index contributed by atoms with van der Waals surface area (Å²) in [5.74, 6) is 0. The van der Waals surface area contributed by atoms with Crippen molar-refractivity contribution in [2.24, 2.45) is 0 Å². The topological polar surface area (TPSA) is 20.3 Å². The molecule has 2 nitrogen and oxygen atoms in total. The van der Waals surface area contributed by atoms with Gasteiger partial charge in [0, 0.05) is 13.6 Å². The summed E-state index contributed by atoms with van der Waals surface area (Å²) in [5.41, 5.74) is 0. The van der Waals surface area contributed by atoms with Crippen LogP contribution in [0.5, 0.6) is 0 Å². The lowest BCUT2D eigenvalue weighted by molar-refractivity contribution is -0.116. The monoisotopic (exact) mass is 141 g/mol. The van der Waals surface area contributed by atoms with Crippen LogP contribution < -0.4 is 0 Å². The minimum Gasteiger partial charge on any atom is -0.348 e. The highest BCUT2D eigenvalue weighted by atomic mass is 16.1. The van der Waals surface area contributed by atoms with E-state index in [0.29, 0.717) is 0 Å². The summed E-state index contributed by atoms with van der Waals surface area (Å²) in [6.45, 7) is 2.92. The quantitative estimate of drug-likeness (QED) is 0.419. The maximum absolute atomic E-state index is 10.1. The molecule has 0 rings (SSSR count). The Morgan fingerprint density at radius 2 is 2.10 bits per heavy atom. The second kappa shape index (κ2) is 6.33. The average molecular weight is 141 g/mol. The highest BCUT2D eigenvalue weighted by molar-refractivity contribution is 5.46. The molecule has 0 spiro atoms. The van der Waals surface area contributed by atoms with Crippen LogP contribution in [-0.2, 0) is 4.79 Å². The lowest BCUT2D eigenvalue weighted by atomic mass is 10.3. The second-order valence-corrected chi connectivity index (χ2v) is 2.25. The van der Waals surface area contributed by atoms with E-state index in [1.165, 1.54) is 0 Å². The number of hydrogen-bond acceptors (Lipinski definition) is 1. The predicted octanol–water partition coefficient (Wildman–Crippen LogP) is 1.43. The van der Waals surface area contributed by atoms with E-state index < -0.39 is 0 Å². The number of allylic oxidation sites excluding steroid dienone is 1. The van der Waals surface area contributed by atoms with E-state index in [4.69, 9.17) is 0 Å². The standard InChI is InChI=1S/C8H15NO/c1-3-4-5-6-7-9(2)8-10/h4-5,8H,3,6-7H2,1-2H3. The van der Waals surface area contributed by atoms with E-state index in [9.17, 15) is 4.79 Å². The molecule has 0 fully saturated rings. The van der Waals surface area contributed by atoms with E-state index >= 15 is 0 Å². The predicted molar refractivity (Wildman–Crippen MR) is 42.7 cm³/mol. The molecule has 0 saturated carbocycles. The van der Waals surface area contributed by atoms with Gasteiger partial charge in [-0.2, -0.15) is 0 Å². The van der Waals surface area contributed by atoms with Crippen molar-refractivity contribution in [2.75, 3.05) is 13.6 Å². The first-order valence-corrected chi connectivity index (χ1v) is 3.61. The molecule has 0 radical (unpaired) electrons. The molecule has 0 aromatic rings. The van der Waals surface area contributed by atoms with Crippen LogP contribution in [0.15, 0.2) is 12.2 Å². The summed E-state index contributed by atoms with van der Waals surface area (Å²) in [6, 6.07) is 0. The Labute approximate surface area is 62.5 Å². The lowest BCUT2D eigenvalue weighted by Gasteiger charge is -2.06. The van der Waals surface area contributed by atoms with Crippen molar-refractivity contribution in [3.63, 3.8) is 0 Å². The highest BCUT2D eigenvalue weighted by Crippen LogP contribution is 1.87. The summed E-state index contributed by atoms with van der Waals surface area (Å²) in [7, 11) is 1.78. The number of hydrogen-bond donors (Lipinski definition) is 0. The van der Waals surface area contributed by atoms with Crippen molar-refractivity contribution in [2.45, 2.75) is 19.8 Å². The molecule has 1 amide bonds. The van der Waals surface area contributed by atoms with Gasteiger partial charge in [0.05, 0.1) is 0 Å². The molecule has 0 aliphatic rings. The molecule has 0 aromatic carbocycles. The van der Waals surface area contributed by atoms with Gasteiger partial charge in [-0.1, -0.05) is 19.1 Å². The van der Waals surface area contributed by atoms with Crippen LogP contribution in [0.1, 0.15) is 19.8 Å². The van der Waals surface area contributed by atoms with Gasteiger partial charge in [0.1, 0.15) is 0 Å². The summed E-state index contributed by atoms with van der Waals surface area (Å²) in [5, 5.41) is 0. The number of carbonyl (C=O) groups excluding carboxylic acids is 1. The number of amides is 1. The lowest BCUT2D eigenvalue weighted by Crippen LogP contribution is -2.16. The zero-order chi connectivity index (χ0) is 7.82. The molecule has 0 unspecified atom stereocenters. The fourth-order valence-corrected chi connectivity index (χ4v) is 0.615. The fourth-order valence-electron chi connectivity index (χ4n) is 0.615. The van der Waals surface area contributed by atoms with Crippen LogP contribution in [0.2, 0.25) is 0 Å². The maximum Gasteiger partial charge on any atom is 0.209 e. The molecule has 0 atom stereocenters. The Hall–Kier alpha value is -0.790. The SMILES string of the molecule is CCC=CCCN(C)C=O. The van der Waals surface area contributed by atoms with Crippen molar-refractivity contribution < 1.29 is 4.79 Å². The van der Waals surface area contributed by atoms with Crippen molar-refractivity contribution in [3.05, 3.63) is 12.2 Å². The first-order chi connectivity index (χ1) is 4.81. The maximum atomic E-state index is 10.1. The van der Waals surface area contributed by atoms with Crippen molar-refractivity contribution in [3.8, 4) is 0 Å². The van der Waals surface area contributed by atoms with Gasteiger partial charge in [-0.3, -0.25) is 4.79 Å². The number of rotatable bonds is 5. The third-order valence-corrected chi connectivity index (χ3v) is 1.23. The molecule has 0 aliphatic carbocycles. The number of carbonyl (C=O) groups is 1. The smallest absolute Gasteiger partial charge is 0.209 e. The molecule has 0 bridgehead atoms. The molecule has 2 heteroatoms. The minimum absolute atomic E-state index is 0.819. The van der Waals surface area contributed by atoms with E-state index in [1.54, 1.807) is 11.9 Å². The second-order valence-electron chi connectivity index (χ2n) is 2.25. The summed E-state index contributed by atoms with van der Waals surface area (Å²) in [6.07, 6.45) is 7.09. The van der Waals surface area contributed by atoms with Crippen LogP contribution in [0.3, 0.4) is 0 Å². The molecule has 0 aromatic heterocycles. The van der Waals surface area contributed by atoms with E-state index in [1.807, 2.05) is 0 Å². The van der Waals surface area contributed by atoms with Gasteiger partial charge >= 0.3 is 0 Å². The van der Waals surface area contributed by atoms with Gasteiger partial charge in [0.2, 0.25) is 6.41 Å². The van der Waals surface area contributed by atoms with Gasteiger partial charge < -0.3 is 4.90 Å². The van der Waals surface area contributed by atoms with Gasteiger partial charge in [0.15, 0.2) is 0 Å². The Bertz CT molecular complexity index is 110. The normalized spacial score (nSPS) is 10.2. The fraction of sp³-hybridized carbons (Fsp3) is 0.625. The van der Waals surface area contributed by atoms with Crippen LogP contribution >= 0.6 is 0 Å². The summed E-state index contributed by atoms with van der Waals surface area (Å²) < 4.78 is 0. The van der Waals surface area contributed by atoms with Crippen LogP contribution in [0.4, 0.5) is 0 Å². The largest absolute Gasteiger partial charge is 0.348 e. The zero-order valence-corrected chi connectivity index (χ0v) is 6.71. The molecule has 0 saturated heterocycles. The molecule has 0 heterocycles. The van der Waals surface area contributed by atoms with Gasteiger partial charge in [-0.05, 0) is 12.8 Å². The Morgan fingerprint density at radius 3 is 2.60 bits per heavy atom. The van der Waals surface area contributed by atoms with Crippen molar-refractivity contribution >= 4 is 6.41 Å². The molecule has 0 aliphatic heterocycles. The summed E-state index contributed by atoms with van der Waals surface area (Å²) >= 11 is 0. The van der Waals surface area contributed by atoms with Crippen LogP contribution in [0.25, 0.3) is 0 Å². The zero-order valence-electron chi connectivity index (χ0n) is 6.71. The molecule has 10 heavy (non-hydrogen) atoms. The van der Waals surface area contributed by atoms with E-state index in [0.717, 1.165) is 25.8 Å². The highest BCUT2D eigenvalue weighted by Gasteiger charge is 1.87. The average Bonchev–Trinajstić information content (AvgIpc) is 1.98. The first-order valence-electron chi connectivity index (χ1n) is 3.61. The van der Waals surface area contributed by atoms with Gasteiger partial charge in [0.25, 0.3) is 0 Å².